The quantitative estimate of drug-likeness (QED) is 0.814. The van der Waals surface area contributed by atoms with Crippen molar-refractivity contribution < 1.29 is 13.9 Å². The van der Waals surface area contributed by atoms with Crippen LogP contribution in [0.2, 0.25) is 5.02 Å². The number of rotatable bonds is 3. The van der Waals surface area contributed by atoms with Gasteiger partial charge in [-0.2, -0.15) is 0 Å². The fraction of sp³-hybridized carbons (Fsp3) is 0.500. The van der Waals surface area contributed by atoms with Crippen molar-refractivity contribution in [1.82, 2.24) is 20.0 Å². The molecule has 1 aliphatic heterocycles. The van der Waals surface area contributed by atoms with Crippen molar-refractivity contribution >= 4 is 17.7 Å². The number of benzene rings is 1. The lowest BCUT2D eigenvalue weighted by Crippen LogP contribution is -2.49. The topological polar surface area (TPSA) is 71.7 Å². The summed E-state index contributed by atoms with van der Waals surface area (Å²) >= 11 is 5.89. The van der Waals surface area contributed by atoms with Gasteiger partial charge in [-0.3, -0.25) is 4.90 Å². The molecule has 0 radical (unpaired) electrons. The van der Waals surface area contributed by atoms with E-state index in [0.717, 1.165) is 18.7 Å². The van der Waals surface area contributed by atoms with E-state index in [1.807, 2.05) is 32.9 Å². The number of halogens is 1. The van der Waals surface area contributed by atoms with E-state index >= 15 is 0 Å². The average Bonchev–Trinajstić information content (AvgIpc) is 3.03. The van der Waals surface area contributed by atoms with Crippen LogP contribution in [0, 0.1) is 0 Å². The Morgan fingerprint density at radius 1 is 1.15 bits per heavy atom. The van der Waals surface area contributed by atoms with E-state index in [9.17, 15) is 4.79 Å². The molecule has 2 aromatic rings. The molecule has 26 heavy (non-hydrogen) atoms. The number of aromatic nitrogens is 2. The van der Waals surface area contributed by atoms with Crippen molar-refractivity contribution in [1.29, 1.82) is 0 Å². The van der Waals surface area contributed by atoms with Gasteiger partial charge in [0, 0.05) is 36.8 Å². The highest BCUT2D eigenvalue weighted by Crippen LogP contribution is 2.21. The molecule has 1 fully saturated rings. The van der Waals surface area contributed by atoms with Crippen LogP contribution in [-0.4, -0.2) is 57.9 Å². The van der Waals surface area contributed by atoms with Gasteiger partial charge in [-0.25, -0.2) is 4.79 Å². The first-order valence-electron chi connectivity index (χ1n) is 8.59. The third-order valence-electron chi connectivity index (χ3n) is 3.94. The van der Waals surface area contributed by atoms with E-state index in [0.29, 0.717) is 36.4 Å². The monoisotopic (exact) mass is 378 g/mol. The van der Waals surface area contributed by atoms with Crippen LogP contribution in [0.1, 0.15) is 26.7 Å². The lowest BCUT2D eigenvalue weighted by Gasteiger charge is -2.34. The molecule has 0 atom stereocenters. The van der Waals surface area contributed by atoms with Gasteiger partial charge >= 0.3 is 6.09 Å². The number of ether oxygens (including phenoxy) is 1. The maximum atomic E-state index is 12.1. The molecule has 1 aromatic heterocycles. The molecule has 7 nitrogen and oxygen atoms in total. The average molecular weight is 379 g/mol. The van der Waals surface area contributed by atoms with Crippen LogP contribution in [0.15, 0.2) is 28.7 Å². The number of amides is 1. The molecule has 2 heterocycles. The van der Waals surface area contributed by atoms with E-state index < -0.39 is 5.60 Å². The predicted octanol–water partition coefficient (Wildman–Crippen LogP) is 3.44. The number of piperazine rings is 1. The van der Waals surface area contributed by atoms with E-state index in [1.54, 1.807) is 17.0 Å². The van der Waals surface area contributed by atoms with Crippen molar-refractivity contribution in [2.75, 3.05) is 26.2 Å². The third-order valence-corrected chi connectivity index (χ3v) is 4.19. The summed E-state index contributed by atoms with van der Waals surface area (Å²) in [6.45, 7) is 8.87. The fourth-order valence-electron chi connectivity index (χ4n) is 2.63. The van der Waals surface area contributed by atoms with Crippen LogP contribution in [0.4, 0.5) is 4.79 Å². The highest BCUT2D eigenvalue weighted by molar-refractivity contribution is 6.30. The lowest BCUT2D eigenvalue weighted by atomic mass is 10.2. The second kappa shape index (κ2) is 7.63. The van der Waals surface area contributed by atoms with E-state index in [2.05, 4.69) is 15.1 Å². The molecule has 0 spiro atoms. The number of nitrogens with zero attached hydrogens (tertiary/aromatic N) is 4. The smallest absolute Gasteiger partial charge is 0.410 e. The molecule has 1 aliphatic rings. The van der Waals surface area contributed by atoms with Gasteiger partial charge in [0.05, 0.1) is 6.54 Å². The Kier molecular flexibility index (Phi) is 5.48. The molecule has 0 bridgehead atoms. The summed E-state index contributed by atoms with van der Waals surface area (Å²) in [5.41, 5.74) is 0.360. The zero-order valence-electron chi connectivity index (χ0n) is 15.2. The van der Waals surface area contributed by atoms with E-state index in [-0.39, 0.29) is 6.09 Å². The number of carbonyl (C=O) groups excluding carboxylic acids is 1. The Morgan fingerprint density at radius 3 is 2.42 bits per heavy atom. The van der Waals surface area contributed by atoms with Crippen molar-refractivity contribution in [3.63, 3.8) is 0 Å². The van der Waals surface area contributed by atoms with Crippen LogP contribution in [0.3, 0.4) is 0 Å². The Morgan fingerprint density at radius 2 is 1.81 bits per heavy atom. The minimum absolute atomic E-state index is 0.264. The first kappa shape index (κ1) is 18.7. The zero-order valence-corrected chi connectivity index (χ0v) is 16.0. The van der Waals surface area contributed by atoms with Crippen molar-refractivity contribution in [3.05, 3.63) is 35.2 Å². The van der Waals surface area contributed by atoms with Crippen molar-refractivity contribution in [3.8, 4) is 11.5 Å². The molecule has 1 amide bonds. The second-order valence-corrected chi connectivity index (χ2v) is 7.69. The van der Waals surface area contributed by atoms with Crippen LogP contribution in [0.25, 0.3) is 11.5 Å². The molecule has 0 unspecified atom stereocenters. The molecule has 8 heteroatoms. The van der Waals surface area contributed by atoms with Gasteiger partial charge < -0.3 is 14.1 Å². The van der Waals surface area contributed by atoms with Crippen molar-refractivity contribution in [2.45, 2.75) is 32.9 Å². The number of hydrogen-bond donors (Lipinski definition) is 0. The molecule has 1 aromatic carbocycles. The standard InChI is InChI=1S/C18H23ClN4O3/c1-18(2,3)26-17(24)23-10-8-22(9-11-23)12-15-20-21-16(25-15)13-4-6-14(19)7-5-13/h4-7H,8-12H2,1-3H3. The summed E-state index contributed by atoms with van der Waals surface area (Å²) in [6, 6.07) is 7.27. The summed E-state index contributed by atoms with van der Waals surface area (Å²) in [6.07, 6.45) is -0.264. The van der Waals surface area contributed by atoms with Crippen LogP contribution >= 0.6 is 11.6 Å². The normalized spacial score (nSPS) is 15.9. The zero-order chi connectivity index (χ0) is 18.7. The first-order chi connectivity index (χ1) is 12.3. The summed E-state index contributed by atoms with van der Waals surface area (Å²) in [7, 11) is 0. The third kappa shape index (κ3) is 4.95. The summed E-state index contributed by atoms with van der Waals surface area (Å²) in [5, 5.41) is 8.87. The lowest BCUT2D eigenvalue weighted by molar-refractivity contribution is 0.0133. The maximum absolute atomic E-state index is 12.1. The molecule has 140 valence electrons. The molecule has 0 saturated carbocycles. The molecular formula is C18H23ClN4O3. The molecule has 0 aliphatic carbocycles. The fourth-order valence-corrected chi connectivity index (χ4v) is 2.76. The van der Waals surface area contributed by atoms with Gasteiger partial charge in [-0.1, -0.05) is 11.6 Å². The van der Waals surface area contributed by atoms with Gasteiger partial charge in [0.1, 0.15) is 5.60 Å². The molecule has 1 saturated heterocycles. The molecule has 0 N–H and O–H groups in total. The van der Waals surface area contributed by atoms with E-state index in [4.69, 9.17) is 20.8 Å². The van der Waals surface area contributed by atoms with Crippen molar-refractivity contribution in [2.24, 2.45) is 0 Å². The minimum Gasteiger partial charge on any atom is -0.444 e. The van der Waals surface area contributed by atoms with Gasteiger partial charge in [0.2, 0.25) is 11.8 Å². The van der Waals surface area contributed by atoms with Gasteiger partial charge in [-0.05, 0) is 45.0 Å². The van der Waals surface area contributed by atoms with E-state index in [1.165, 1.54) is 0 Å². The van der Waals surface area contributed by atoms with Gasteiger partial charge in [0.15, 0.2) is 0 Å². The second-order valence-electron chi connectivity index (χ2n) is 7.25. The highest BCUT2D eigenvalue weighted by Gasteiger charge is 2.26. The van der Waals surface area contributed by atoms with Crippen LogP contribution in [0.5, 0.6) is 0 Å². The predicted molar refractivity (Wildman–Crippen MR) is 97.8 cm³/mol. The Labute approximate surface area is 157 Å². The maximum Gasteiger partial charge on any atom is 0.410 e. The highest BCUT2D eigenvalue weighted by atomic mass is 35.5. The van der Waals surface area contributed by atoms with Gasteiger partial charge in [0.25, 0.3) is 0 Å². The molecular weight excluding hydrogens is 356 g/mol. The summed E-state index contributed by atoms with van der Waals surface area (Å²) < 4.78 is 11.1. The first-order valence-corrected chi connectivity index (χ1v) is 8.96. The summed E-state index contributed by atoms with van der Waals surface area (Å²) in [4.78, 5) is 16.0. The van der Waals surface area contributed by atoms with Crippen LogP contribution in [-0.2, 0) is 11.3 Å². The number of hydrogen-bond acceptors (Lipinski definition) is 6. The Bertz CT molecular complexity index is 747. The Balaban J connectivity index is 1.52. The largest absolute Gasteiger partial charge is 0.444 e. The SMILES string of the molecule is CC(C)(C)OC(=O)N1CCN(Cc2nnc(-c3ccc(Cl)cc3)o2)CC1. The number of carbonyl (C=O) groups is 1. The minimum atomic E-state index is -0.476. The van der Waals surface area contributed by atoms with Crippen LogP contribution < -0.4 is 0 Å². The Hall–Kier alpha value is -2.12. The molecule has 3 rings (SSSR count). The summed E-state index contributed by atoms with van der Waals surface area (Å²) in [5.74, 6) is 1.03. The van der Waals surface area contributed by atoms with Gasteiger partial charge in [-0.15, -0.1) is 10.2 Å².